The van der Waals surface area contributed by atoms with Gasteiger partial charge in [0.1, 0.15) is 0 Å². The predicted octanol–water partition coefficient (Wildman–Crippen LogP) is 2.68. The number of likely N-dealkylation sites (N-methyl/N-ethyl adjacent to an activating group) is 1. The topological polar surface area (TPSA) is 29.5 Å². The van der Waals surface area contributed by atoms with Gasteiger partial charge >= 0.3 is 0 Å². The monoisotopic (exact) mass is 239 g/mol. The van der Waals surface area contributed by atoms with Crippen LogP contribution < -0.4 is 0 Å². The van der Waals surface area contributed by atoms with Gasteiger partial charge in [-0.2, -0.15) is 0 Å². The molecule has 1 aromatic rings. The van der Waals surface area contributed by atoms with Crippen LogP contribution in [-0.4, -0.2) is 25.1 Å². The highest BCUT2D eigenvalue weighted by atomic mass is 35.5. The molecule has 0 aliphatic carbocycles. The van der Waals surface area contributed by atoms with Gasteiger partial charge in [-0.1, -0.05) is 23.7 Å². The van der Waals surface area contributed by atoms with Crippen LogP contribution in [-0.2, 0) is 9.63 Å². The van der Waals surface area contributed by atoms with Gasteiger partial charge < -0.3 is 0 Å². The van der Waals surface area contributed by atoms with Crippen LogP contribution in [0, 0.1) is 6.92 Å². The molecule has 0 aromatic heterocycles. The first-order chi connectivity index (χ1) is 7.54. The molecule has 0 unspecified atom stereocenters. The van der Waals surface area contributed by atoms with Crippen molar-refractivity contribution >= 4 is 23.6 Å². The van der Waals surface area contributed by atoms with Crippen molar-refractivity contribution in [1.82, 2.24) is 5.06 Å². The van der Waals surface area contributed by atoms with Gasteiger partial charge in [0.25, 0.3) is 5.91 Å². The summed E-state index contributed by atoms with van der Waals surface area (Å²) in [6.07, 6.45) is 3.13. The fourth-order valence-corrected chi connectivity index (χ4v) is 1.26. The van der Waals surface area contributed by atoms with Gasteiger partial charge in [-0.25, -0.2) is 5.06 Å². The summed E-state index contributed by atoms with van der Waals surface area (Å²) in [6.45, 7) is 1.93. The maximum Gasteiger partial charge on any atom is 0.269 e. The Morgan fingerprint density at radius 2 is 2.19 bits per heavy atom. The quantitative estimate of drug-likeness (QED) is 0.600. The molecule has 1 aromatic carbocycles. The second-order valence-corrected chi connectivity index (χ2v) is 3.77. The molecule has 0 atom stereocenters. The number of carbonyl (C=O) groups is 1. The van der Waals surface area contributed by atoms with Gasteiger partial charge in [0.2, 0.25) is 0 Å². The molecule has 0 saturated carbocycles. The summed E-state index contributed by atoms with van der Waals surface area (Å²) in [5.74, 6) is -0.223. The van der Waals surface area contributed by atoms with Crippen molar-refractivity contribution in [2.24, 2.45) is 0 Å². The molecule has 0 fully saturated rings. The van der Waals surface area contributed by atoms with E-state index < -0.39 is 0 Å². The highest BCUT2D eigenvalue weighted by molar-refractivity contribution is 6.31. The number of halogens is 1. The summed E-state index contributed by atoms with van der Waals surface area (Å²) in [5, 5.41) is 1.83. The number of carbonyl (C=O) groups excluding carboxylic acids is 1. The first-order valence-corrected chi connectivity index (χ1v) is 5.18. The minimum atomic E-state index is -0.223. The summed E-state index contributed by atoms with van der Waals surface area (Å²) in [7, 11) is 2.99. The van der Waals surface area contributed by atoms with Gasteiger partial charge in [-0.05, 0) is 30.2 Å². The molecule has 86 valence electrons. The lowest BCUT2D eigenvalue weighted by molar-refractivity contribution is -0.162. The normalized spacial score (nSPS) is 10.8. The van der Waals surface area contributed by atoms with Crippen molar-refractivity contribution in [3.05, 3.63) is 40.4 Å². The average Bonchev–Trinajstić information content (AvgIpc) is 2.29. The molecule has 0 radical (unpaired) electrons. The lowest BCUT2D eigenvalue weighted by Crippen LogP contribution is -2.22. The number of rotatable bonds is 3. The van der Waals surface area contributed by atoms with Crippen LogP contribution in [0.3, 0.4) is 0 Å². The van der Waals surface area contributed by atoms with Crippen LogP contribution >= 0.6 is 11.6 Å². The molecular formula is C12H14ClNO2. The zero-order chi connectivity index (χ0) is 12.1. The van der Waals surface area contributed by atoms with Crippen molar-refractivity contribution in [3.8, 4) is 0 Å². The minimum Gasteiger partial charge on any atom is -0.274 e. The number of nitrogens with zero attached hydrogens (tertiary/aromatic N) is 1. The molecule has 3 nitrogen and oxygen atoms in total. The van der Waals surface area contributed by atoms with Crippen molar-refractivity contribution in [2.45, 2.75) is 6.92 Å². The van der Waals surface area contributed by atoms with Crippen LogP contribution in [0.15, 0.2) is 24.3 Å². The first-order valence-electron chi connectivity index (χ1n) is 4.80. The molecule has 0 saturated heterocycles. The lowest BCUT2D eigenvalue weighted by Gasteiger charge is -2.10. The number of hydrogen-bond acceptors (Lipinski definition) is 2. The van der Waals surface area contributed by atoms with Gasteiger partial charge in [-0.3, -0.25) is 9.63 Å². The van der Waals surface area contributed by atoms with Crippen LogP contribution in [0.4, 0.5) is 0 Å². The molecule has 0 N–H and O–H groups in total. The number of aryl methyl sites for hydroxylation is 1. The van der Waals surface area contributed by atoms with Gasteiger partial charge in [0.15, 0.2) is 0 Å². The zero-order valence-corrected chi connectivity index (χ0v) is 10.3. The second-order valence-electron chi connectivity index (χ2n) is 3.36. The molecule has 1 rings (SSSR count). The molecule has 0 bridgehead atoms. The number of hydrogen-bond donors (Lipinski definition) is 0. The Morgan fingerprint density at radius 1 is 1.50 bits per heavy atom. The minimum absolute atomic E-state index is 0.223. The van der Waals surface area contributed by atoms with E-state index >= 15 is 0 Å². The van der Waals surface area contributed by atoms with E-state index in [4.69, 9.17) is 16.4 Å². The Labute approximate surface area is 100 Å². The van der Waals surface area contributed by atoms with Crippen molar-refractivity contribution in [3.63, 3.8) is 0 Å². The Hall–Kier alpha value is -1.32. The fourth-order valence-electron chi connectivity index (χ4n) is 1.08. The van der Waals surface area contributed by atoms with Gasteiger partial charge in [0.05, 0.1) is 7.11 Å². The molecule has 4 heteroatoms. The SMILES string of the molecule is CON(C)C(=O)C=Cc1ccc(C)c(Cl)c1. The number of hydroxylamine groups is 2. The standard InChI is InChI=1S/C12H14ClNO2/c1-9-4-5-10(8-11(9)13)6-7-12(15)14(2)16-3/h4-8H,1-3H3. The summed E-state index contributed by atoms with van der Waals surface area (Å²) >= 11 is 5.97. The maximum absolute atomic E-state index is 11.4. The Balaban J connectivity index is 2.77. The van der Waals surface area contributed by atoms with Crippen LogP contribution in [0.25, 0.3) is 6.08 Å². The average molecular weight is 240 g/mol. The van der Waals surface area contributed by atoms with Crippen LogP contribution in [0.1, 0.15) is 11.1 Å². The van der Waals surface area contributed by atoms with E-state index in [1.54, 1.807) is 13.1 Å². The third kappa shape index (κ3) is 3.36. The summed E-state index contributed by atoms with van der Waals surface area (Å²) in [5.41, 5.74) is 1.90. The van der Waals surface area contributed by atoms with Crippen molar-refractivity contribution in [2.75, 3.05) is 14.2 Å². The molecule has 0 aliphatic heterocycles. The lowest BCUT2D eigenvalue weighted by atomic mass is 10.1. The molecular weight excluding hydrogens is 226 g/mol. The summed E-state index contributed by atoms with van der Waals surface area (Å²) < 4.78 is 0. The highest BCUT2D eigenvalue weighted by Gasteiger charge is 2.02. The molecule has 0 heterocycles. The highest BCUT2D eigenvalue weighted by Crippen LogP contribution is 2.17. The van der Waals surface area contributed by atoms with E-state index in [0.717, 1.165) is 16.2 Å². The van der Waals surface area contributed by atoms with E-state index in [1.807, 2.05) is 25.1 Å². The summed E-state index contributed by atoms with van der Waals surface area (Å²) in [6, 6.07) is 5.62. The second kappa shape index (κ2) is 5.68. The Bertz CT molecular complexity index is 415. The van der Waals surface area contributed by atoms with E-state index in [2.05, 4.69) is 0 Å². The Morgan fingerprint density at radius 3 is 2.75 bits per heavy atom. The van der Waals surface area contributed by atoms with Crippen molar-refractivity contribution < 1.29 is 9.63 Å². The molecule has 0 aliphatic rings. The van der Waals surface area contributed by atoms with E-state index in [0.29, 0.717) is 5.02 Å². The van der Waals surface area contributed by atoms with Crippen molar-refractivity contribution in [1.29, 1.82) is 0 Å². The predicted molar refractivity (Wildman–Crippen MR) is 65.0 cm³/mol. The molecule has 1 amide bonds. The van der Waals surface area contributed by atoms with Gasteiger partial charge in [-0.15, -0.1) is 0 Å². The zero-order valence-electron chi connectivity index (χ0n) is 9.53. The number of benzene rings is 1. The first kappa shape index (κ1) is 12.7. The van der Waals surface area contributed by atoms with E-state index in [-0.39, 0.29) is 5.91 Å². The van der Waals surface area contributed by atoms with E-state index in [1.165, 1.54) is 13.2 Å². The van der Waals surface area contributed by atoms with Crippen LogP contribution in [0.2, 0.25) is 5.02 Å². The largest absolute Gasteiger partial charge is 0.274 e. The fraction of sp³-hybridized carbons (Fsp3) is 0.250. The third-order valence-corrected chi connectivity index (χ3v) is 2.61. The third-order valence-electron chi connectivity index (χ3n) is 2.20. The van der Waals surface area contributed by atoms with Gasteiger partial charge in [0, 0.05) is 18.1 Å². The Kier molecular flexibility index (Phi) is 4.52. The van der Waals surface area contributed by atoms with E-state index in [9.17, 15) is 4.79 Å². The van der Waals surface area contributed by atoms with Crippen LogP contribution in [0.5, 0.6) is 0 Å². The molecule has 16 heavy (non-hydrogen) atoms. The maximum atomic E-state index is 11.4. The summed E-state index contributed by atoms with van der Waals surface area (Å²) in [4.78, 5) is 16.1. The number of amides is 1. The smallest absolute Gasteiger partial charge is 0.269 e. The molecule has 0 spiro atoms.